The second-order valence-corrected chi connectivity index (χ2v) is 2.40. The molecule has 0 fully saturated rings. The monoisotopic (exact) mass is 141 g/mol. The number of nitrogens with zero attached hydrogens (tertiary/aromatic N) is 1. The van der Waals surface area contributed by atoms with Crippen LogP contribution >= 0.6 is 0 Å². The standard InChI is InChI=1S/C7H11NO2/c1-5(6(2)9)7-8-3-4-10-7/h3-6,9H,1-2H3. The zero-order valence-corrected chi connectivity index (χ0v) is 6.11. The summed E-state index contributed by atoms with van der Waals surface area (Å²) in [4.78, 5) is 3.91. The lowest BCUT2D eigenvalue weighted by Gasteiger charge is -2.08. The minimum Gasteiger partial charge on any atom is -0.449 e. The van der Waals surface area contributed by atoms with E-state index in [1.54, 1.807) is 13.1 Å². The van der Waals surface area contributed by atoms with E-state index in [1.807, 2.05) is 6.92 Å². The quantitative estimate of drug-likeness (QED) is 0.672. The van der Waals surface area contributed by atoms with Gasteiger partial charge >= 0.3 is 0 Å². The van der Waals surface area contributed by atoms with Gasteiger partial charge in [0.05, 0.1) is 18.2 Å². The van der Waals surface area contributed by atoms with Crippen molar-refractivity contribution < 1.29 is 9.52 Å². The predicted molar refractivity (Wildman–Crippen MR) is 36.6 cm³/mol. The Labute approximate surface area is 59.7 Å². The van der Waals surface area contributed by atoms with E-state index in [2.05, 4.69) is 4.98 Å². The first kappa shape index (κ1) is 7.28. The van der Waals surface area contributed by atoms with E-state index in [9.17, 15) is 0 Å². The molecule has 1 aromatic heterocycles. The SMILES string of the molecule is CC(O)C(C)c1ncco1. The highest BCUT2D eigenvalue weighted by Crippen LogP contribution is 2.15. The molecule has 0 amide bonds. The van der Waals surface area contributed by atoms with Crippen molar-refractivity contribution in [3.63, 3.8) is 0 Å². The molecule has 1 N–H and O–H groups in total. The zero-order chi connectivity index (χ0) is 7.56. The predicted octanol–water partition coefficient (Wildman–Crippen LogP) is 1.16. The lowest BCUT2D eigenvalue weighted by Crippen LogP contribution is -2.10. The number of aliphatic hydroxyl groups is 1. The molecule has 0 aromatic carbocycles. The molecule has 3 nitrogen and oxygen atoms in total. The molecule has 2 atom stereocenters. The van der Waals surface area contributed by atoms with E-state index in [0.29, 0.717) is 5.89 Å². The highest BCUT2D eigenvalue weighted by atomic mass is 16.3. The van der Waals surface area contributed by atoms with E-state index in [4.69, 9.17) is 9.52 Å². The lowest BCUT2D eigenvalue weighted by molar-refractivity contribution is 0.156. The molecule has 0 aliphatic rings. The number of aromatic nitrogens is 1. The van der Waals surface area contributed by atoms with Crippen molar-refractivity contribution in [2.24, 2.45) is 0 Å². The molecule has 1 rings (SSSR count). The molecular formula is C7H11NO2. The van der Waals surface area contributed by atoms with E-state index in [0.717, 1.165) is 0 Å². The fourth-order valence-corrected chi connectivity index (χ4v) is 0.666. The summed E-state index contributed by atoms with van der Waals surface area (Å²) in [6, 6.07) is 0. The Bertz CT molecular complexity index is 181. The van der Waals surface area contributed by atoms with E-state index < -0.39 is 6.10 Å². The molecule has 0 aliphatic heterocycles. The van der Waals surface area contributed by atoms with Crippen LogP contribution in [0.3, 0.4) is 0 Å². The third-order valence-corrected chi connectivity index (χ3v) is 1.56. The van der Waals surface area contributed by atoms with Gasteiger partial charge in [-0.1, -0.05) is 6.92 Å². The van der Waals surface area contributed by atoms with Crippen molar-refractivity contribution in [1.82, 2.24) is 4.98 Å². The van der Waals surface area contributed by atoms with Crippen molar-refractivity contribution in [3.05, 3.63) is 18.4 Å². The molecule has 0 aliphatic carbocycles. The van der Waals surface area contributed by atoms with Gasteiger partial charge in [-0.05, 0) is 6.92 Å². The van der Waals surface area contributed by atoms with Crippen molar-refractivity contribution in [3.8, 4) is 0 Å². The largest absolute Gasteiger partial charge is 0.449 e. The van der Waals surface area contributed by atoms with Gasteiger partial charge in [0, 0.05) is 0 Å². The summed E-state index contributed by atoms with van der Waals surface area (Å²) < 4.78 is 4.99. The van der Waals surface area contributed by atoms with Gasteiger partial charge in [-0.2, -0.15) is 0 Å². The van der Waals surface area contributed by atoms with E-state index >= 15 is 0 Å². The van der Waals surface area contributed by atoms with Crippen LogP contribution in [-0.4, -0.2) is 16.2 Å². The zero-order valence-electron chi connectivity index (χ0n) is 6.11. The van der Waals surface area contributed by atoms with Crippen LogP contribution in [0.15, 0.2) is 16.9 Å². The van der Waals surface area contributed by atoms with Gasteiger partial charge in [-0.15, -0.1) is 0 Å². The normalized spacial score (nSPS) is 16.7. The third-order valence-electron chi connectivity index (χ3n) is 1.56. The van der Waals surface area contributed by atoms with Crippen LogP contribution in [0.1, 0.15) is 25.7 Å². The third kappa shape index (κ3) is 1.36. The minimum absolute atomic E-state index is 0.0185. The fraction of sp³-hybridized carbons (Fsp3) is 0.571. The Morgan fingerprint density at radius 3 is 2.70 bits per heavy atom. The number of aliphatic hydroxyl groups excluding tert-OH is 1. The molecule has 0 saturated heterocycles. The molecule has 0 saturated carbocycles. The van der Waals surface area contributed by atoms with Gasteiger partial charge in [-0.3, -0.25) is 0 Å². The van der Waals surface area contributed by atoms with Crippen molar-refractivity contribution >= 4 is 0 Å². The second-order valence-electron chi connectivity index (χ2n) is 2.40. The molecule has 1 aromatic rings. The van der Waals surface area contributed by atoms with Gasteiger partial charge in [0.15, 0.2) is 5.89 Å². The minimum atomic E-state index is -0.404. The van der Waals surface area contributed by atoms with Crippen LogP contribution in [0.2, 0.25) is 0 Å². The van der Waals surface area contributed by atoms with E-state index in [-0.39, 0.29) is 5.92 Å². The van der Waals surface area contributed by atoms with Gasteiger partial charge < -0.3 is 9.52 Å². The Morgan fingerprint density at radius 2 is 2.30 bits per heavy atom. The van der Waals surface area contributed by atoms with Crippen molar-refractivity contribution in [2.75, 3.05) is 0 Å². The van der Waals surface area contributed by atoms with Crippen LogP contribution in [0.5, 0.6) is 0 Å². The molecule has 3 heteroatoms. The van der Waals surface area contributed by atoms with E-state index in [1.165, 1.54) is 6.26 Å². The fourth-order valence-electron chi connectivity index (χ4n) is 0.666. The molecule has 2 unspecified atom stereocenters. The Balaban J connectivity index is 2.68. The summed E-state index contributed by atoms with van der Waals surface area (Å²) in [6.45, 7) is 3.59. The molecule has 0 spiro atoms. The maximum Gasteiger partial charge on any atom is 0.199 e. The smallest absolute Gasteiger partial charge is 0.199 e. The molecule has 56 valence electrons. The number of oxazole rings is 1. The summed E-state index contributed by atoms with van der Waals surface area (Å²) in [7, 11) is 0. The topological polar surface area (TPSA) is 46.3 Å². The van der Waals surface area contributed by atoms with Crippen LogP contribution in [-0.2, 0) is 0 Å². The summed E-state index contributed by atoms with van der Waals surface area (Å²) in [5, 5.41) is 9.09. The second kappa shape index (κ2) is 2.84. The van der Waals surface area contributed by atoms with Gasteiger partial charge in [0.2, 0.25) is 0 Å². The van der Waals surface area contributed by atoms with Gasteiger partial charge in [0.25, 0.3) is 0 Å². The average molecular weight is 141 g/mol. The number of hydrogen-bond acceptors (Lipinski definition) is 3. The lowest BCUT2D eigenvalue weighted by atomic mass is 10.1. The van der Waals surface area contributed by atoms with Crippen LogP contribution < -0.4 is 0 Å². The molecule has 0 bridgehead atoms. The van der Waals surface area contributed by atoms with Crippen LogP contribution in [0.25, 0.3) is 0 Å². The van der Waals surface area contributed by atoms with Crippen LogP contribution in [0.4, 0.5) is 0 Å². The first-order valence-corrected chi connectivity index (χ1v) is 3.29. The molecule has 10 heavy (non-hydrogen) atoms. The summed E-state index contributed by atoms with van der Waals surface area (Å²) >= 11 is 0. The van der Waals surface area contributed by atoms with Gasteiger partial charge in [0.1, 0.15) is 6.26 Å². The first-order valence-electron chi connectivity index (χ1n) is 3.29. The Hall–Kier alpha value is -0.830. The van der Waals surface area contributed by atoms with Crippen molar-refractivity contribution in [2.45, 2.75) is 25.9 Å². The van der Waals surface area contributed by atoms with Crippen LogP contribution in [0, 0.1) is 0 Å². The Morgan fingerprint density at radius 1 is 1.60 bits per heavy atom. The number of rotatable bonds is 2. The maximum absolute atomic E-state index is 9.09. The highest BCUT2D eigenvalue weighted by Gasteiger charge is 2.14. The maximum atomic E-state index is 9.09. The summed E-state index contributed by atoms with van der Waals surface area (Å²) in [5.74, 6) is 0.574. The molecule has 0 radical (unpaired) electrons. The molecular weight excluding hydrogens is 130 g/mol. The number of hydrogen-bond donors (Lipinski definition) is 1. The first-order chi connectivity index (χ1) is 4.72. The van der Waals surface area contributed by atoms with Gasteiger partial charge in [-0.25, -0.2) is 4.98 Å². The summed E-state index contributed by atoms with van der Waals surface area (Å²) in [6.07, 6.45) is 2.68. The Kier molecular flexibility index (Phi) is 2.06. The summed E-state index contributed by atoms with van der Waals surface area (Å²) in [5.41, 5.74) is 0. The average Bonchev–Trinajstić information content (AvgIpc) is 2.36. The van der Waals surface area contributed by atoms with Crippen molar-refractivity contribution in [1.29, 1.82) is 0 Å². The molecule has 1 heterocycles. The highest BCUT2D eigenvalue weighted by molar-refractivity contribution is 4.91.